The van der Waals surface area contributed by atoms with Gasteiger partial charge in [0.05, 0.1) is 0 Å². The van der Waals surface area contributed by atoms with Crippen LogP contribution in [-0.4, -0.2) is 24.3 Å². The fourth-order valence-corrected chi connectivity index (χ4v) is 1.27. The van der Waals surface area contributed by atoms with Crippen molar-refractivity contribution >= 4 is 0 Å². The SMILES string of the molecule is CCNC(CCO)C(C)CC. The molecule has 0 radical (unpaired) electrons. The van der Waals surface area contributed by atoms with Crippen molar-refractivity contribution in [3.05, 3.63) is 0 Å². The zero-order chi connectivity index (χ0) is 8.69. The van der Waals surface area contributed by atoms with Crippen molar-refractivity contribution < 1.29 is 5.11 Å². The number of nitrogens with one attached hydrogen (secondary N) is 1. The highest BCUT2D eigenvalue weighted by Crippen LogP contribution is 2.09. The van der Waals surface area contributed by atoms with E-state index in [1.807, 2.05) is 0 Å². The topological polar surface area (TPSA) is 32.3 Å². The maximum absolute atomic E-state index is 8.77. The van der Waals surface area contributed by atoms with Crippen molar-refractivity contribution in [2.24, 2.45) is 5.92 Å². The van der Waals surface area contributed by atoms with Gasteiger partial charge >= 0.3 is 0 Å². The number of hydrogen-bond acceptors (Lipinski definition) is 2. The predicted molar refractivity (Wildman–Crippen MR) is 48.6 cm³/mol. The highest BCUT2D eigenvalue weighted by Gasteiger charge is 2.12. The molecule has 0 aromatic heterocycles. The van der Waals surface area contributed by atoms with Crippen LogP contribution in [0.5, 0.6) is 0 Å². The summed E-state index contributed by atoms with van der Waals surface area (Å²) in [5.41, 5.74) is 0. The Hall–Kier alpha value is -0.0800. The van der Waals surface area contributed by atoms with Gasteiger partial charge in [0.25, 0.3) is 0 Å². The molecule has 0 aromatic carbocycles. The Kier molecular flexibility index (Phi) is 6.57. The predicted octanol–water partition coefficient (Wildman–Crippen LogP) is 1.39. The zero-order valence-corrected chi connectivity index (χ0v) is 7.93. The van der Waals surface area contributed by atoms with E-state index in [-0.39, 0.29) is 0 Å². The second kappa shape index (κ2) is 6.62. The molecule has 2 nitrogen and oxygen atoms in total. The van der Waals surface area contributed by atoms with Gasteiger partial charge < -0.3 is 10.4 Å². The third kappa shape index (κ3) is 4.38. The average Bonchev–Trinajstić information content (AvgIpc) is 2.03. The van der Waals surface area contributed by atoms with Crippen molar-refractivity contribution in [2.45, 2.75) is 39.7 Å². The van der Waals surface area contributed by atoms with E-state index in [9.17, 15) is 0 Å². The molecule has 0 rings (SSSR count). The minimum atomic E-state index is 0.294. The number of aliphatic hydroxyl groups is 1. The summed E-state index contributed by atoms with van der Waals surface area (Å²) < 4.78 is 0. The molecule has 0 amide bonds. The maximum atomic E-state index is 8.77. The highest BCUT2D eigenvalue weighted by atomic mass is 16.3. The van der Waals surface area contributed by atoms with E-state index in [0.29, 0.717) is 18.6 Å². The lowest BCUT2D eigenvalue weighted by atomic mass is 9.97. The fraction of sp³-hybridized carbons (Fsp3) is 1.00. The Bertz CT molecular complexity index is 79.6. The Balaban J connectivity index is 3.66. The highest BCUT2D eigenvalue weighted by molar-refractivity contribution is 4.71. The lowest BCUT2D eigenvalue weighted by Crippen LogP contribution is -2.35. The van der Waals surface area contributed by atoms with Crippen molar-refractivity contribution in [1.29, 1.82) is 0 Å². The standard InChI is InChI=1S/C9H21NO/c1-4-8(3)9(6-7-11)10-5-2/h8-11H,4-7H2,1-3H3. The molecule has 2 unspecified atom stereocenters. The lowest BCUT2D eigenvalue weighted by molar-refractivity contribution is 0.239. The van der Waals surface area contributed by atoms with Crippen LogP contribution < -0.4 is 5.32 Å². The quantitative estimate of drug-likeness (QED) is 0.614. The van der Waals surface area contributed by atoms with E-state index < -0.39 is 0 Å². The summed E-state index contributed by atoms with van der Waals surface area (Å²) >= 11 is 0. The van der Waals surface area contributed by atoms with Crippen LogP contribution >= 0.6 is 0 Å². The van der Waals surface area contributed by atoms with Gasteiger partial charge in [-0.2, -0.15) is 0 Å². The van der Waals surface area contributed by atoms with E-state index >= 15 is 0 Å². The zero-order valence-electron chi connectivity index (χ0n) is 7.93. The fourth-order valence-electron chi connectivity index (χ4n) is 1.27. The molecule has 2 heteroatoms. The molecule has 0 aliphatic rings. The second-order valence-electron chi connectivity index (χ2n) is 3.06. The van der Waals surface area contributed by atoms with Crippen molar-refractivity contribution in [3.63, 3.8) is 0 Å². The summed E-state index contributed by atoms with van der Waals surface area (Å²) in [6.07, 6.45) is 2.06. The summed E-state index contributed by atoms with van der Waals surface area (Å²) in [6.45, 7) is 7.80. The van der Waals surface area contributed by atoms with Crippen molar-refractivity contribution in [3.8, 4) is 0 Å². The molecule has 0 saturated heterocycles. The molecule has 0 aromatic rings. The second-order valence-corrected chi connectivity index (χ2v) is 3.06. The van der Waals surface area contributed by atoms with Gasteiger partial charge in [0.15, 0.2) is 0 Å². The first-order valence-electron chi connectivity index (χ1n) is 4.60. The molecule has 0 aliphatic carbocycles. The molecule has 2 N–H and O–H groups in total. The van der Waals surface area contributed by atoms with E-state index in [4.69, 9.17) is 5.11 Å². The monoisotopic (exact) mass is 159 g/mol. The first-order chi connectivity index (χ1) is 5.26. The minimum absolute atomic E-state index is 0.294. The molecule has 2 atom stereocenters. The number of rotatable bonds is 6. The maximum Gasteiger partial charge on any atom is 0.0445 e. The summed E-state index contributed by atoms with van der Waals surface area (Å²) in [4.78, 5) is 0. The summed E-state index contributed by atoms with van der Waals surface area (Å²) in [6, 6.07) is 0.495. The Morgan fingerprint density at radius 2 is 2.00 bits per heavy atom. The molecule has 0 spiro atoms. The van der Waals surface area contributed by atoms with Crippen LogP contribution in [-0.2, 0) is 0 Å². The number of hydrogen-bond donors (Lipinski definition) is 2. The molecule has 68 valence electrons. The van der Waals surface area contributed by atoms with Gasteiger partial charge in [0, 0.05) is 12.6 Å². The van der Waals surface area contributed by atoms with Gasteiger partial charge in [-0.05, 0) is 18.9 Å². The molecule has 0 fully saturated rings. The number of aliphatic hydroxyl groups excluding tert-OH is 1. The molecule has 0 bridgehead atoms. The molecule has 11 heavy (non-hydrogen) atoms. The van der Waals surface area contributed by atoms with Crippen molar-refractivity contribution in [2.75, 3.05) is 13.2 Å². The molecule has 0 heterocycles. The van der Waals surface area contributed by atoms with Crippen LogP contribution in [0.3, 0.4) is 0 Å². The van der Waals surface area contributed by atoms with Crippen LogP contribution in [0.15, 0.2) is 0 Å². The third-order valence-corrected chi connectivity index (χ3v) is 2.24. The van der Waals surface area contributed by atoms with Gasteiger partial charge in [-0.3, -0.25) is 0 Å². The molecular formula is C9H21NO. The van der Waals surface area contributed by atoms with Gasteiger partial charge in [0.2, 0.25) is 0 Å². The van der Waals surface area contributed by atoms with Gasteiger partial charge in [-0.1, -0.05) is 27.2 Å². The lowest BCUT2D eigenvalue weighted by Gasteiger charge is -2.22. The summed E-state index contributed by atoms with van der Waals surface area (Å²) in [5, 5.41) is 12.1. The molecule has 0 aliphatic heterocycles. The Labute approximate surface area is 70.0 Å². The van der Waals surface area contributed by atoms with Gasteiger partial charge in [-0.15, -0.1) is 0 Å². The van der Waals surface area contributed by atoms with E-state index in [1.165, 1.54) is 6.42 Å². The largest absolute Gasteiger partial charge is 0.396 e. The Morgan fingerprint density at radius 1 is 1.36 bits per heavy atom. The van der Waals surface area contributed by atoms with Crippen molar-refractivity contribution in [1.82, 2.24) is 5.32 Å². The van der Waals surface area contributed by atoms with Crippen LogP contribution in [0.1, 0.15) is 33.6 Å². The van der Waals surface area contributed by atoms with E-state index in [0.717, 1.165) is 13.0 Å². The summed E-state index contributed by atoms with van der Waals surface area (Å²) in [5.74, 6) is 0.669. The normalized spacial score (nSPS) is 16.4. The molecular weight excluding hydrogens is 138 g/mol. The Morgan fingerprint density at radius 3 is 2.36 bits per heavy atom. The van der Waals surface area contributed by atoms with Crippen LogP contribution in [0.2, 0.25) is 0 Å². The van der Waals surface area contributed by atoms with Crippen LogP contribution in [0.4, 0.5) is 0 Å². The van der Waals surface area contributed by atoms with E-state index in [2.05, 4.69) is 26.1 Å². The third-order valence-electron chi connectivity index (χ3n) is 2.24. The van der Waals surface area contributed by atoms with Crippen LogP contribution in [0, 0.1) is 5.92 Å². The first kappa shape index (κ1) is 10.9. The smallest absolute Gasteiger partial charge is 0.0445 e. The van der Waals surface area contributed by atoms with Crippen LogP contribution in [0.25, 0.3) is 0 Å². The van der Waals surface area contributed by atoms with E-state index in [1.54, 1.807) is 0 Å². The van der Waals surface area contributed by atoms with Gasteiger partial charge in [-0.25, -0.2) is 0 Å². The first-order valence-corrected chi connectivity index (χ1v) is 4.60. The summed E-state index contributed by atoms with van der Waals surface area (Å²) in [7, 11) is 0. The minimum Gasteiger partial charge on any atom is -0.396 e. The molecule has 0 saturated carbocycles. The van der Waals surface area contributed by atoms with Gasteiger partial charge in [0.1, 0.15) is 0 Å². The average molecular weight is 159 g/mol.